The highest BCUT2D eigenvalue weighted by molar-refractivity contribution is 6.12. The van der Waals surface area contributed by atoms with Gasteiger partial charge in [0.25, 0.3) is 11.8 Å². The number of imide groups is 1. The van der Waals surface area contributed by atoms with Crippen LogP contribution in [-0.4, -0.2) is 105 Å². The SMILES string of the molecule is CC(C)(C)C(=O)OCc1ccc(O[C@@H]2O[C@H](C(=O)O)[C@H](O)[C@H](O)[C@@H]2O)c(NC(=O)CCNC(=O)CCCN2C(=O)C=CC2=O)c1. The number of hydrogen-bond acceptors (Lipinski definition) is 12. The van der Waals surface area contributed by atoms with Gasteiger partial charge in [-0.05, 0) is 44.9 Å². The molecule has 0 aliphatic carbocycles. The van der Waals surface area contributed by atoms with Crippen molar-refractivity contribution in [2.24, 2.45) is 5.41 Å². The highest BCUT2D eigenvalue weighted by Gasteiger charge is 2.48. The molecule has 1 aromatic carbocycles. The third kappa shape index (κ3) is 9.55. The number of carboxylic acid groups (broad SMARTS) is 1. The second kappa shape index (κ2) is 15.1. The van der Waals surface area contributed by atoms with Crippen molar-refractivity contribution in [2.45, 2.75) is 77.3 Å². The Morgan fingerprint density at radius 1 is 0.956 bits per heavy atom. The lowest BCUT2D eigenvalue weighted by Gasteiger charge is -2.38. The summed E-state index contributed by atoms with van der Waals surface area (Å²) in [7, 11) is 0. The van der Waals surface area contributed by atoms with Crippen molar-refractivity contribution in [3.05, 3.63) is 35.9 Å². The molecule has 5 atom stereocenters. The Hall–Kier alpha value is -4.38. The fourth-order valence-electron chi connectivity index (χ4n) is 4.17. The van der Waals surface area contributed by atoms with Gasteiger partial charge in [-0.1, -0.05) is 6.07 Å². The van der Waals surface area contributed by atoms with Crippen LogP contribution in [0.1, 0.15) is 45.6 Å². The number of carbonyl (C=O) groups excluding carboxylic acids is 5. The second-order valence-electron chi connectivity index (χ2n) is 11.4. The maximum atomic E-state index is 12.8. The molecule has 1 fully saturated rings. The number of carboxylic acids is 1. The van der Waals surface area contributed by atoms with Crippen LogP contribution in [0.2, 0.25) is 0 Å². The van der Waals surface area contributed by atoms with Crippen LogP contribution in [0.4, 0.5) is 5.69 Å². The molecule has 1 saturated heterocycles. The number of aliphatic hydroxyl groups is 3. The lowest BCUT2D eigenvalue weighted by molar-refractivity contribution is -0.271. The Kier molecular flexibility index (Phi) is 11.8. The molecule has 2 aliphatic rings. The van der Waals surface area contributed by atoms with Crippen molar-refractivity contribution in [1.82, 2.24) is 10.2 Å². The van der Waals surface area contributed by atoms with E-state index in [0.29, 0.717) is 5.56 Å². The van der Waals surface area contributed by atoms with Crippen LogP contribution in [0.15, 0.2) is 30.4 Å². The van der Waals surface area contributed by atoms with Crippen LogP contribution in [0, 0.1) is 5.41 Å². The van der Waals surface area contributed by atoms with Crippen LogP contribution in [0.5, 0.6) is 5.75 Å². The number of anilines is 1. The third-order valence-corrected chi connectivity index (χ3v) is 6.72. The average molecular weight is 636 g/mol. The number of hydrogen-bond donors (Lipinski definition) is 6. The van der Waals surface area contributed by atoms with Gasteiger partial charge in [0.2, 0.25) is 18.1 Å². The molecule has 246 valence electrons. The Morgan fingerprint density at radius 2 is 1.62 bits per heavy atom. The van der Waals surface area contributed by atoms with E-state index in [1.165, 1.54) is 18.2 Å². The summed E-state index contributed by atoms with van der Waals surface area (Å²) in [4.78, 5) is 72.8. The lowest BCUT2D eigenvalue weighted by Crippen LogP contribution is -2.61. The van der Waals surface area contributed by atoms with Crippen molar-refractivity contribution in [1.29, 1.82) is 0 Å². The molecule has 2 heterocycles. The number of esters is 1. The highest BCUT2D eigenvalue weighted by atomic mass is 16.7. The van der Waals surface area contributed by atoms with E-state index in [1.807, 2.05) is 0 Å². The Bertz CT molecular complexity index is 1320. The van der Waals surface area contributed by atoms with Gasteiger partial charge in [0.1, 0.15) is 30.7 Å². The van der Waals surface area contributed by atoms with Gasteiger partial charge < -0.3 is 45.3 Å². The highest BCUT2D eigenvalue weighted by Crippen LogP contribution is 2.31. The van der Waals surface area contributed by atoms with Crippen LogP contribution in [-0.2, 0) is 44.8 Å². The van der Waals surface area contributed by atoms with Gasteiger partial charge in [0.05, 0.1) is 11.1 Å². The standard InChI is InChI=1S/C29H37N3O13/c1-29(2,3)28(42)43-14-15-6-7-17(44-27-24(39)22(37)23(38)25(45-27)26(40)41)16(13-15)31-19(34)10-11-30-18(33)5-4-12-32-20(35)8-9-21(32)36/h6-9,13,22-25,27,37-39H,4-5,10-12,14H2,1-3H3,(H,30,33)(H,31,34)(H,40,41)/t22-,23+,24-,25-,27+/m0/s1. The molecule has 0 unspecified atom stereocenters. The minimum absolute atomic E-state index is 0.00692. The summed E-state index contributed by atoms with van der Waals surface area (Å²) in [5.74, 6) is -4.09. The molecule has 4 amide bonds. The van der Waals surface area contributed by atoms with Gasteiger partial charge in [-0.15, -0.1) is 0 Å². The molecule has 0 bridgehead atoms. The molecule has 0 radical (unpaired) electrons. The minimum atomic E-state index is -1.94. The molecular formula is C29H37N3O13. The van der Waals surface area contributed by atoms with Crippen LogP contribution < -0.4 is 15.4 Å². The van der Waals surface area contributed by atoms with E-state index in [4.69, 9.17) is 14.2 Å². The summed E-state index contributed by atoms with van der Waals surface area (Å²) >= 11 is 0. The molecule has 0 saturated carbocycles. The normalized spacial score (nSPS) is 23.1. The van der Waals surface area contributed by atoms with E-state index in [2.05, 4.69) is 10.6 Å². The Labute approximate surface area is 257 Å². The Morgan fingerprint density at radius 3 is 2.24 bits per heavy atom. The number of ether oxygens (including phenoxy) is 3. The lowest BCUT2D eigenvalue weighted by atomic mass is 9.97. The van der Waals surface area contributed by atoms with Gasteiger partial charge in [-0.25, -0.2) is 4.79 Å². The van der Waals surface area contributed by atoms with Crippen LogP contribution in [0.3, 0.4) is 0 Å². The maximum absolute atomic E-state index is 12.8. The molecule has 6 N–H and O–H groups in total. The number of nitrogens with zero attached hydrogens (tertiary/aromatic N) is 1. The smallest absolute Gasteiger partial charge is 0.335 e. The molecule has 16 nitrogen and oxygen atoms in total. The van der Waals surface area contributed by atoms with Crippen molar-refractivity contribution >= 4 is 41.3 Å². The first-order chi connectivity index (χ1) is 21.1. The summed E-state index contributed by atoms with van der Waals surface area (Å²) in [6.45, 7) is 4.86. The maximum Gasteiger partial charge on any atom is 0.335 e. The Balaban J connectivity index is 1.64. The van der Waals surface area contributed by atoms with Crippen molar-refractivity contribution in [3.63, 3.8) is 0 Å². The quantitative estimate of drug-likeness (QED) is 0.115. The first-order valence-electron chi connectivity index (χ1n) is 14.1. The van der Waals surface area contributed by atoms with E-state index in [0.717, 1.165) is 17.1 Å². The number of aliphatic hydroxyl groups excluding tert-OH is 3. The first kappa shape index (κ1) is 35.1. The van der Waals surface area contributed by atoms with Gasteiger partial charge >= 0.3 is 11.9 Å². The number of benzene rings is 1. The van der Waals surface area contributed by atoms with Gasteiger partial charge in [0.15, 0.2) is 6.10 Å². The molecule has 1 aromatic rings. The number of aliphatic carboxylic acids is 1. The molecule has 16 heteroatoms. The van der Waals surface area contributed by atoms with E-state index >= 15 is 0 Å². The summed E-state index contributed by atoms with van der Waals surface area (Å²) in [5.41, 5.74) is -0.337. The van der Waals surface area contributed by atoms with Crippen molar-refractivity contribution < 1.29 is 63.4 Å². The largest absolute Gasteiger partial charge is 0.479 e. The fourth-order valence-corrected chi connectivity index (χ4v) is 4.17. The topological polar surface area (TPSA) is 238 Å². The third-order valence-electron chi connectivity index (χ3n) is 6.72. The summed E-state index contributed by atoms with van der Waals surface area (Å²) in [6.07, 6.45) is -7.06. The zero-order chi connectivity index (χ0) is 33.5. The second-order valence-corrected chi connectivity index (χ2v) is 11.4. The molecule has 45 heavy (non-hydrogen) atoms. The van der Waals surface area contributed by atoms with Crippen molar-refractivity contribution in [3.8, 4) is 5.75 Å². The molecule has 2 aliphatic heterocycles. The van der Waals surface area contributed by atoms with Gasteiger partial charge in [-0.2, -0.15) is 0 Å². The van der Waals surface area contributed by atoms with Gasteiger partial charge in [0, 0.05) is 38.1 Å². The van der Waals surface area contributed by atoms with Gasteiger partial charge in [-0.3, -0.25) is 28.9 Å². The van der Waals surface area contributed by atoms with Crippen molar-refractivity contribution in [2.75, 3.05) is 18.4 Å². The predicted molar refractivity (Wildman–Crippen MR) is 152 cm³/mol. The fraction of sp³-hybridized carbons (Fsp3) is 0.517. The first-order valence-corrected chi connectivity index (χ1v) is 14.1. The minimum Gasteiger partial charge on any atom is -0.479 e. The molecular weight excluding hydrogens is 598 g/mol. The van der Waals surface area contributed by atoms with E-state index in [9.17, 15) is 49.2 Å². The van der Waals surface area contributed by atoms with E-state index in [1.54, 1.807) is 20.8 Å². The predicted octanol–water partition coefficient (Wildman–Crippen LogP) is -0.803. The number of nitrogens with one attached hydrogen (secondary N) is 2. The summed E-state index contributed by atoms with van der Waals surface area (Å²) in [6, 6.07) is 4.23. The number of rotatable bonds is 13. The number of amides is 4. The van der Waals surface area contributed by atoms with E-state index in [-0.39, 0.29) is 50.4 Å². The average Bonchev–Trinajstić information content (AvgIpc) is 3.28. The van der Waals surface area contributed by atoms with E-state index < -0.39 is 71.7 Å². The molecule has 3 rings (SSSR count). The van der Waals surface area contributed by atoms with Crippen LogP contribution in [0.25, 0.3) is 0 Å². The summed E-state index contributed by atoms with van der Waals surface area (Å²) in [5, 5.41) is 44.9. The zero-order valence-electron chi connectivity index (χ0n) is 24.9. The zero-order valence-corrected chi connectivity index (χ0v) is 24.9. The number of carbonyl (C=O) groups is 6. The molecule has 0 aromatic heterocycles. The monoisotopic (exact) mass is 635 g/mol. The van der Waals surface area contributed by atoms with Crippen LogP contribution >= 0.6 is 0 Å². The summed E-state index contributed by atoms with van der Waals surface area (Å²) < 4.78 is 16.1. The molecule has 0 spiro atoms.